The van der Waals surface area contributed by atoms with E-state index < -0.39 is 0 Å². The standard InChI is InChI=1S/C15H19N3S/c1-3-9-18(4-2)15-12(14(16)19)10-11-7-5-6-8-13(11)17-15/h5-8,10H,3-4,9H2,1-2H3,(H2,16,19). The van der Waals surface area contributed by atoms with E-state index in [1.54, 1.807) is 0 Å². The third kappa shape index (κ3) is 2.84. The molecule has 4 heteroatoms. The second-order valence-electron chi connectivity index (χ2n) is 4.50. The Hall–Kier alpha value is -1.68. The van der Waals surface area contributed by atoms with Crippen LogP contribution in [-0.4, -0.2) is 23.1 Å². The van der Waals surface area contributed by atoms with Crippen LogP contribution in [0.15, 0.2) is 30.3 Å². The zero-order chi connectivity index (χ0) is 13.8. The third-order valence-electron chi connectivity index (χ3n) is 3.14. The van der Waals surface area contributed by atoms with Gasteiger partial charge in [-0.15, -0.1) is 0 Å². The number of anilines is 1. The molecule has 0 aliphatic carbocycles. The number of aromatic nitrogens is 1. The molecule has 1 aromatic carbocycles. The van der Waals surface area contributed by atoms with Gasteiger partial charge in [0.05, 0.1) is 11.1 Å². The summed E-state index contributed by atoms with van der Waals surface area (Å²) in [5, 5.41) is 1.07. The van der Waals surface area contributed by atoms with Crippen molar-refractivity contribution in [1.82, 2.24) is 4.98 Å². The topological polar surface area (TPSA) is 42.2 Å². The number of thiocarbonyl (C=S) groups is 1. The Labute approximate surface area is 119 Å². The maximum Gasteiger partial charge on any atom is 0.139 e. The molecule has 100 valence electrons. The van der Waals surface area contributed by atoms with Crippen molar-refractivity contribution < 1.29 is 0 Å². The summed E-state index contributed by atoms with van der Waals surface area (Å²) < 4.78 is 0. The molecule has 1 heterocycles. The summed E-state index contributed by atoms with van der Waals surface area (Å²) in [5.74, 6) is 0.899. The van der Waals surface area contributed by atoms with Gasteiger partial charge in [-0.25, -0.2) is 4.98 Å². The molecule has 0 fully saturated rings. The van der Waals surface area contributed by atoms with Crippen LogP contribution < -0.4 is 10.6 Å². The van der Waals surface area contributed by atoms with Gasteiger partial charge in [-0.2, -0.15) is 0 Å². The van der Waals surface area contributed by atoms with Gasteiger partial charge in [0.15, 0.2) is 0 Å². The number of nitrogens with zero attached hydrogens (tertiary/aromatic N) is 2. The predicted octanol–water partition coefficient (Wildman–Crippen LogP) is 3.11. The van der Waals surface area contributed by atoms with Crippen LogP contribution in [0, 0.1) is 0 Å². The molecule has 0 saturated heterocycles. The van der Waals surface area contributed by atoms with Crippen molar-refractivity contribution in [3.63, 3.8) is 0 Å². The van der Waals surface area contributed by atoms with E-state index in [4.69, 9.17) is 22.9 Å². The Morgan fingerprint density at radius 2 is 2.05 bits per heavy atom. The lowest BCUT2D eigenvalue weighted by molar-refractivity contribution is 0.780. The van der Waals surface area contributed by atoms with Crippen molar-refractivity contribution in [2.75, 3.05) is 18.0 Å². The fourth-order valence-electron chi connectivity index (χ4n) is 2.21. The molecule has 0 unspecified atom stereocenters. The molecule has 0 bridgehead atoms. The summed E-state index contributed by atoms with van der Waals surface area (Å²) >= 11 is 5.17. The molecule has 0 amide bonds. The molecule has 2 aromatic rings. The Morgan fingerprint density at radius 3 is 2.68 bits per heavy atom. The van der Waals surface area contributed by atoms with Crippen LogP contribution >= 0.6 is 12.2 Å². The molecular weight excluding hydrogens is 254 g/mol. The average Bonchev–Trinajstić information content (AvgIpc) is 2.43. The van der Waals surface area contributed by atoms with Crippen LogP contribution in [0.1, 0.15) is 25.8 Å². The van der Waals surface area contributed by atoms with E-state index in [1.165, 1.54) is 0 Å². The van der Waals surface area contributed by atoms with E-state index in [9.17, 15) is 0 Å². The lowest BCUT2D eigenvalue weighted by Crippen LogP contribution is -2.27. The van der Waals surface area contributed by atoms with Crippen molar-refractivity contribution in [3.05, 3.63) is 35.9 Å². The van der Waals surface area contributed by atoms with Crippen molar-refractivity contribution in [2.45, 2.75) is 20.3 Å². The van der Waals surface area contributed by atoms with Crippen LogP contribution in [0.4, 0.5) is 5.82 Å². The highest BCUT2D eigenvalue weighted by Gasteiger charge is 2.14. The van der Waals surface area contributed by atoms with E-state index in [0.29, 0.717) is 4.99 Å². The van der Waals surface area contributed by atoms with Crippen LogP contribution in [0.25, 0.3) is 10.9 Å². The highest BCUT2D eigenvalue weighted by Crippen LogP contribution is 2.23. The van der Waals surface area contributed by atoms with Crippen LogP contribution in [-0.2, 0) is 0 Å². The lowest BCUT2D eigenvalue weighted by atomic mass is 10.1. The van der Waals surface area contributed by atoms with Crippen molar-refractivity contribution in [3.8, 4) is 0 Å². The molecule has 0 atom stereocenters. The SMILES string of the molecule is CCCN(CC)c1nc2ccccc2cc1C(N)=S. The molecule has 2 N–H and O–H groups in total. The normalized spacial score (nSPS) is 10.6. The Bertz CT molecular complexity index is 595. The summed E-state index contributed by atoms with van der Waals surface area (Å²) in [6.07, 6.45) is 1.07. The zero-order valence-electron chi connectivity index (χ0n) is 11.4. The Balaban J connectivity index is 2.62. The number of rotatable bonds is 5. The highest BCUT2D eigenvalue weighted by molar-refractivity contribution is 7.80. The van der Waals surface area contributed by atoms with Gasteiger partial charge in [0.2, 0.25) is 0 Å². The monoisotopic (exact) mass is 273 g/mol. The summed E-state index contributed by atoms with van der Waals surface area (Å²) in [6, 6.07) is 10.1. The molecule has 3 nitrogen and oxygen atoms in total. The second-order valence-corrected chi connectivity index (χ2v) is 4.94. The molecule has 1 aromatic heterocycles. The molecule has 0 spiro atoms. The number of pyridine rings is 1. The Morgan fingerprint density at radius 1 is 1.32 bits per heavy atom. The molecule has 0 aliphatic heterocycles. The van der Waals surface area contributed by atoms with Gasteiger partial charge in [-0.05, 0) is 25.5 Å². The summed E-state index contributed by atoms with van der Waals surface area (Å²) in [7, 11) is 0. The first-order valence-electron chi connectivity index (χ1n) is 6.61. The highest BCUT2D eigenvalue weighted by atomic mass is 32.1. The molecule has 0 saturated carbocycles. The maximum absolute atomic E-state index is 5.86. The molecular formula is C15H19N3S. The first-order valence-corrected chi connectivity index (χ1v) is 7.02. The van der Waals surface area contributed by atoms with Gasteiger partial charge < -0.3 is 10.6 Å². The van der Waals surface area contributed by atoms with Crippen molar-refractivity contribution in [2.24, 2.45) is 5.73 Å². The third-order valence-corrected chi connectivity index (χ3v) is 3.36. The van der Waals surface area contributed by atoms with Gasteiger partial charge >= 0.3 is 0 Å². The van der Waals surface area contributed by atoms with Gasteiger partial charge in [-0.3, -0.25) is 0 Å². The molecule has 0 aliphatic rings. The van der Waals surface area contributed by atoms with Crippen molar-refractivity contribution in [1.29, 1.82) is 0 Å². The minimum Gasteiger partial charge on any atom is -0.389 e. The largest absolute Gasteiger partial charge is 0.389 e. The fraction of sp³-hybridized carbons (Fsp3) is 0.333. The van der Waals surface area contributed by atoms with Gasteiger partial charge in [0.25, 0.3) is 0 Å². The Kier molecular flexibility index (Phi) is 4.32. The van der Waals surface area contributed by atoms with E-state index in [0.717, 1.165) is 41.8 Å². The quantitative estimate of drug-likeness (QED) is 0.850. The van der Waals surface area contributed by atoms with Crippen LogP contribution in [0.2, 0.25) is 0 Å². The minimum absolute atomic E-state index is 0.405. The molecule has 2 rings (SSSR count). The number of fused-ring (bicyclic) bond motifs is 1. The number of hydrogen-bond donors (Lipinski definition) is 1. The first-order chi connectivity index (χ1) is 9.17. The van der Waals surface area contributed by atoms with Crippen LogP contribution in [0.5, 0.6) is 0 Å². The average molecular weight is 273 g/mol. The number of hydrogen-bond acceptors (Lipinski definition) is 3. The second kappa shape index (κ2) is 5.97. The number of benzene rings is 1. The number of para-hydroxylation sites is 1. The van der Waals surface area contributed by atoms with E-state index in [1.807, 2.05) is 30.3 Å². The summed E-state index contributed by atoms with van der Waals surface area (Å²) in [6.45, 7) is 6.13. The molecule has 19 heavy (non-hydrogen) atoms. The minimum atomic E-state index is 0.405. The van der Waals surface area contributed by atoms with Gasteiger partial charge in [-0.1, -0.05) is 37.3 Å². The predicted molar refractivity (Wildman–Crippen MR) is 85.8 cm³/mol. The van der Waals surface area contributed by atoms with Crippen LogP contribution in [0.3, 0.4) is 0 Å². The number of nitrogens with two attached hydrogens (primary N) is 1. The van der Waals surface area contributed by atoms with Crippen molar-refractivity contribution >= 4 is 33.9 Å². The lowest BCUT2D eigenvalue weighted by Gasteiger charge is -2.24. The van der Waals surface area contributed by atoms with E-state index in [-0.39, 0.29) is 0 Å². The smallest absolute Gasteiger partial charge is 0.139 e. The molecule has 0 radical (unpaired) electrons. The van der Waals surface area contributed by atoms with Gasteiger partial charge in [0.1, 0.15) is 10.8 Å². The summed E-state index contributed by atoms with van der Waals surface area (Å²) in [4.78, 5) is 7.37. The maximum atomic E-state index is 5.86. The van der Waals surface area contributed by atoms with E-state index in [2.05, 4.69) is 18.7 Å². The van der Waals surface area contributed by atoms with E-state index >= 15 is 0 Å². The first kappa shape index (κ1) is 13.7. The van der Waals surface area contributed by atoms with Gasteiger partial charge in [0, 0.05) is 18.5 Å². The zero-order valence-corrected chi connectivity index (χ0v) is 12.2. The fourth-order valence-corrected chi connectivity index (χ4v) is 2.36. The summed E-state index contributed by atoms with van der Waals surface area (Å²) in [5.41, 5.74) is 7.70.